The van der Waals surface area contributed by atoms with Crippen molar-refractivity contribution in [3.8, 4) is 0 Å². The van der Waals surface area contributed by atoms with E-state index in [0.717, 1.165) is 5.17 Å². The summed E-state index contributed by atoms with van der Waals surface area (Å²) in [6.45, 7) is -0.132. The molecule has 0 amide bonds. The fraction of sp³-hybridized carbons (Fsp3) is 0.500. The van der Waals surface area contributed by atoms with Crippen molar-refractivity contribution < 1.29 is 24.5 Å². The van der Waals surface area contributed by atoms with Gasteiger partial charge in [-0.1, -0.05) is 30.0 Å². The number of aliphatic hydroxyl groups excluding tert-OH is 2. The van der Waals surface area contributed by atoms with Crippen molar-refractivity contribution in [1.82, 2.24) is 4.90 Å². The monoisotopic (exact) mass is 352 g/mol. The molecule has 2 N–H and O–H groups in total. The third-order valence-electron chi connectivity index (χ3n) is 3.92. The predicted octanol–water partition coefficient (Wildman–Crippen LogP) is 0.323. The zero-order valence-electron chi connectivity index (χ0n) is 13.4. The summed E-state index contributed by atoms with van der Waals surface area (Å²) in [6.07, 6.45) is -3.02. The first-order valence-electron chi connectivity index (χ1n) is 7.63. The molecule has 2 heterocycles. The van der Waals surface area contributed by atoms with Crippen LogP contribution in [0.2, 0.25) is 0 Å². The van der Waals surface area contributed by atoms with Crippen molar-refractivity contribution in [1.29, 1.82) is 0 Å². The molecule has 0 bridgehead atoms. The van der Waals surface area contributed by atoms with E-state index >= 15 is 0 Å². The molecule has 0 spiro atoms. The molecule has 24 heavy (non-hydrogen) atoms. The van der Waals surface area contributed by atoms with Gasteiger partial charge < -0.3 is 24.6 Å². The summed E-state index contributed by atoms with van der Waals surface area (Å²) in [7, 11) is 3.70. The Kier molecular flexibility index (Phi) is 5.09. The number of aliphatic hydroxyl groups is 2. The van der Waals surface area contributed by atoms with Crippen molar-refractivity contribution in [2.45, 2.75) is 29.8 Å². The van der Waals surface area contributed by atoms with Gasteiger partial charge in [0.25, 0.3) is 0 Å². The van der Waals surface area contributed by atoms with Crippen LogP contribution in [0.25, 0.3) is 0 Å². The van der Waals surface area contributed by atoms with Gasteiger partial charge in [0, 0.05) is 14.1 Å². The topological polar surface area (TPSA) is 91.6 Å². The first-order valence-corrected chi connectivity index (χ1v) is 8.51. The van der Waals surface area contributed by atoms with Gasteiger partial charge in [-0.05, 0) is 12.1 Å². The molecule has 1 aromatic carbocycles. The number of aliphatic imine (C=N–C) groups is 1. The molecule has 1 saturated heterocycles. The van der Waals surface area contributed by atoms with Crippen molar-refractivity contribution in [3.63, 3.8) is 0 Å². The molecular weight excluding hydrogens is 332 g/mol. The lowest BCUT2D eigenvalue weighted by Gasteiger charge is -2.37. The molecule has 1 fully saturated rings. The summed E-state index contributed by atoms with van der Waals surface area (Å²) in [4.78, 5) is 18.2. The highest BCUT2D eigenvalue weighted by molar-refractivity contribution is 8.14. The first kappa shape index (κ1) is 17.2. The minimum Gasteiger partial charge on any atom is -0.459 e. The van der Waals surface area contributed by atoms with Crippen LogP contribution in [0.1, 0.15) is 10.4 Å². The van der Waals surface area contributed by atoms with Crippen LogP contribution in [0, 0.1) is 0 Å². The third-order valence-corrected chi connectivity index (χ3v) is 5.22. The SMILES string of the molecule is CN(C)C1=NC2C(OC(COC(=O)c3ccccc3)C(O)C2O)S1. The molecule has 2 aliphatic rings. The molecule has 7 nitrogen and oxygen atoms in total. The van der Waals surface area contributed by atoms with Crippen LogP contribution in [0.15, 0.2) is 35.3 Å². The quantitative estimate of drug-likeness (QED) is 0.757. The number of hydrogen-bond donors (Lipinski definition) is 2. The van der Waals surface area contributed by atoms with E-state index < -0.39 is 35.8 Å². The second kappa shape index (κ2) is 7.10. The van der Waals surface area contributed by atoms with Crippen LogP contribution in [-0.2, 0) is 9.47 Å². The van der Waals surface area contributed by atoms with E-state index in [2.05, 4.69) is 4.99 Å². The molecule has 2 aliphatic heterocycles. The lowest BCUT2D eigenvalue weighted by Crippen LogP contribution is -2.56. The average molecular weight is 352 g/mol. The molecular formula is C16H20N2O5S. The number of carbonyl (C=O) groups excluding carboxylic acids is 1. The Morgan fingerprint density at radius 1 is 1.29 bits per heavy atom. The van der Waals surface area contributed by atoms with Gasteiger partial charge in [0.1, 0.15) is 36.4 Å². The highest BCUT2D eigenvalue weighted by Gasteiger charge is 2.48. The number of amidine groups is 1. The number of rotatable bonds is 3. The van der Waals surface area contributed by atoms with Crippen LogP contribution >= 0.6 is 11.8 Å². The zero-order chi connectivity index (χ0) is 17.3. The highest BCUT2D eigenvalue weighted by Crippen LogP contribution is 2.37. The van der Waals surface area contributed by atoms with E-state index in [4.69, 9.17) is 9.47 Å². The first-order chi connectivity index (χ1) is 11.5. The lowest BCUT2D eigenvalue weighted by molar-refractivity contribution is -0.164. The molecule has 130 valence electrons. The van der Waals surface area contributed by atoms with Gasteiger partial charge in [-0.3, -0.25) is 4.99 Å². The van der Waals surface area contributed by atoms with Crippen LogP contribution in [-0.4, -0.2) is 76.7 Å². The number of ether oxygens (including phenoxy) is 2. The average Bonchev–Trinajstić information content (AvgIpc) is 3.02. The summed E-state index contributed by atoms with van der Waals surface area (Å²) in [5, 5.41) is 21.3. The summed E-state index contributed by atoms with van der Waals surface area (Å²) in [6, 6.07) is 8.06. The summed E-state index contributed by atoms with van der Waals surface area (Å²) >= 11 is 1.38. The van der Waals surface area contributed by atoms with Crippen molar-refractivity contribution in [2.75, 3.05) is 20.7 Å². The molecule has 3 rings (SSSR count). The summed E-state index contributed by atoms with van der Waals surface area (Å²) in [5.41, 5.74) is 0.0240. The molecule has 0 aliphatic carbocycles. The second-order valence-electron chi connectivity index (χ2n) is 5.90. The molecule has 1 aromatic rings. The normalized spacial score (nSPS) is 32.0. The number of thioether (sulfide) groups is 1. The van der Waals surface area contributed by atoms with E-state index in [1.807, 2.05) is 19.0 Å². The lowest BCUT2D eigenvalue weighted by atomic mass is 9.99. The molecule has 5 atom stereocenters. The highest BCUT2D eigenvalue weighted by atomic mass is 32.2. The Morgan fingerprint density at radius 3 is 2.67 bits per heavy atom. The van der Waals surface area contributed by atoms with E-state index in [1.54, 1.807) is 30.3 Å². The number of benzene rings is 1. The number of carbonyl (C=O) groups is 1. The molecule has 5 unspecified atom stereocenters. The Balaban J connectivity index is 1.61. The Bertz CT molecular complexity index is 624. The predicted molar refractivity (Wildman–Crippen MR) is 89.9 cm³/mol. The molecule has 0 aromatic heterocycles. The van der Waals surface area contributed by atoms with Crippen molar-refractivity contribution in [2.24, 2.45) is 4.99 Å². The van der Waals surface area contributed by atoms with Gasteiger partial charge in [-0.25, -0.2) is 4.79 Å². The number of esters is 1. The van der Waals surface area contributed by atoms with Gasteiger partial charge in [-0.2, -0.15) is 0 Å². The molecule has 8 heteroatoms. The van der Waals surface area contributed by atoms with Gasteiger partial charge in [-0.15, -0.1) is 0 Å². The summed E-state index contributed by atoms with van der Waals surface area (Å²) in [5.74, 6) is -0.493. The van der Waals surface area contributed by atoms with Crippen molar-refractivity contribution in [3.05, 3.63) is 35.9 Å². The Hall–Kier alpha value is -1.61. The van der Waals surface area contributed by atoms with E-state index in [1.165, 1.54) is 11.8 Å². The van der Waals surface area contributed by atoms with E-state index in [9.17, 15) is 15.0 Å². The second-order valence-corrected chi connectivity index (χ2v) is 6.97. The van der Waals surface area contributed by atoms with Gasteiger partial charge >= 0.3 is 5.97 Å². The maximum Gasteiger partial charge on any atom is 0.338 e. The van der Waals surface area contributed by atoms with Gasteiger partial charge in [0.05, 0.1) is 5.56 Å². The van der Waals surface area contributed by atoms with Crippen molar-refractivity contribution >= 4 is 22.9 Å². The standard InChI is InChI=1S/C16H20N2O5S/c1-18(2)16-17-11-13(20)12(19)10(23-15(11)24-16)8-22-14(21)9-6-4-3-5-7-9/h3-7,10-13,15,19-20H,8H2,1-2H3. The smallest absolute Gasteiger partial charge is 0.338 e. The fourth-order valence-electron chi connectivity index (χ4n) is 2.59. The van der Waals surface area contributed by atoms with Gasteiger partial charge in [0.2, 0.25) is 0 Å². The van der Waals surface area contributed by atoms with E-state index in [-0.39, 0.29) is 6.61 Å². The minimum atomic E-state index is -1.17. The number of fused-ring (bicyclic) bond motifs is 1. The fourth-order valence-corrected chi connectivity index (χ4v) is 3.75. The van der Waals surface area contributed by atoms with Crippen LogP contribution in [0.3, 0.4) is 0 Å². The maximum absolute atomic E-state index is 12.0. The minimum absolute atomic E-state index is 0.132. The summed E-state index contributed by atoms with van der Waals surface area (Å²) < 4.78 is 11.0. The Morgan fingerprint density at radius 2 is 2.00 bits per heavy atom. The van der Waals surface area contributed by atoms with E-state index in [0.29, 0.717) is 5.56 Å². The maximum atomic E-state index is 12.0. The largest absolute Gasteiger partial charge is 0.459 e. The van der Waals surface area contributed by atoms with Crippen LogP contribution in [0.5, 0.6) is 0 Å². The molecule has 0 radical (unpaired) electrons. The Labute approximate surface area is 144 Å². The van der Waals surface area contributed by atoms with Gasteiger partial charge in [0.15, 0.2) is 5.17 Å². The third kappa shape index (κ3) is 3.41. The number of hydrogen-bond acceptors (Lipinski definition) is 8. The van der Waals surface area contributed by atoms with Crippen LogP contribution < -0.4 is 0 Å². The zero-order valence-corrected chi connectivity index (χ0v) is 14.2. The molecule has 0 saturated carbocycles. The number of nitrogens with zero attached hydrogens (tertiary/aromatic N) is 2. The van der Waals surface area contributed by atoms with Crippen LogP contribution in [0.4, 0.5) is 0 Å².